The number of ether oxygens (including phenoxy) is 3. The minimum Gasteiger partial charge on any atom is -0.463 e. The van der Waals surface area contributed by atoms with Gasteiger partial charge in [0.1, 0.15) is 17.8 Å². The van der Waals surface area contributed by atoms with Crippen molar-refractivity contribution >= 4 is 12.1 Å². The number of rotatable bonds is 7. The maximum atomic E-state index is 12.2. The van der Waals surface area contributed by atoms with Gasteiger partial charge in [0, 0.05) is 12.0 Å². The number of hydrogen-bond donors (Lipinski definition) is 2. The van der Waals surface area contributed by atoms with E-state index in [0.717, 1.165) is 12.8 Å². The molecule has 0 bridgehead atoms. The Bertz CT molecular complexity index is 507. The number of carbonyl (C=O) groups is 2. The van der Waals surface area contributed by atoms with E-state index in [2.05, 4.69) is 5.32 Å². The molecular weight excluding hydrogens is 338 g/mol. The Labute approximate surface area is 156 Å². The number of esters is 1. The molecule has 2 N–H and O–H groups in total. The Balaban J connectivity index is 2.96. The fourth-order valence-electron chi connectivity index (χ4n) is 2.75. The van der Waals surface area contributed by atoms with Crippen molar-refractivity contribution in [3.63, 3.8) is 0 Å². The maximum absolute atomic E-state index is 12.2. The van der Waals surface area contributed by atoms with Gasteiger partial charge in [-0.05, 0) is 46.6 Å². The zero-order chi connectivity index (χ0) is 19.9. The predicted octanol–water partition coefficient (Wildman–Crippen LogP) is 2.71. The molecule has 0 heterocycles. The molecule has 26 heavy (non-hydrogen) atoms. The topological polar surface area (TPSA) is 94.1 Å². The Hall–Kier alpha value is -1.60. The van der Waals surface area contributed by atoms with Gasteiger partial charge in [-0.3, -0.25) is 0 Å². The van der Waals surface area contributed by atoms with Gasteiger partial charge < -0.3 is 24.6 Å². The summed E-state index contributed by atoms with van der Waals surface area (Å²) in [7, 11) is 0. The first-order valence-corrected chi connectivity index (χ1v) is 9.32. The van der Waals surface area contributed by atoms with Crippen molar-refractivity contribution in [1.29, 1.82) is 0 Å². The molecule has 1 rings (SSSR count). The summed E-state index contributed by atoms with van der Waals surface area (Å²) in [6.07, 6.45) is 0.951. The van der Waals surface area contributed by atoms with E-state index >= 15 is 0 Å². The fourth-order valence-corrected chi connectivity index (χ4v) is 2.75. The summed E-state index contributed by atoms with van der Waals surface area (Å²) < 4.78 is 16.3. The highest BCUT2D eigenvalue weighted by Crippen LogP contribution is 2.25. The van der Waals surface area contributed by atoms with Crippen LogP contribution >= 0.6 is 0 Å². The van der Waals surface area contributed by atoms with Crippen molar-refractivity contribution in [3.05, 3.63) is 11.6 Å². The lowest BCUT2D eigenvalue weighted by Crippen LogP contribution is -2.53. The molecule has 3 atom stereocenters. The molecule has 1 aliphatic rings. The number of alkyl carbamates (subject to hydrolysis) is 1. The maximum Gasteiger partial charge on any atom is 0.407 e. The number of nitrogens with one attached hydrogen (secondary N) is 1. The molecule has 0 saturated heterocycles. The van der Waals surface area contributed by atoms with Crippen molar-refractivity contribution in [2.75, 3.05) is 6.61 Å². The van der Waals surface area contributed by atoms with E-state index in [4.69, 9.17) is 14.2 Å². The first kappa shape index (κ1) is 22.4. The number of hydrogen-bond acceptors (Lipinski definition) is 6. The van der Waals surface area contributed by atoms with Gasteiger partial charge in [0.2, 0.25) is 0 Å². The molecule has 0 aromatic carbocycles. The minimum absolute atomic E-state index is 0.0466. The second-order valence-corrected chi connectivity index (χ2v) is 7.40. The highest BCUT2D eigenvalue weighted by Gasteiger charge is 2.37. The monoisotopic (exact) mass is 371 g/mol. The lowest BCUT2D eigenvalue weighted by atomic mass is 9.89. The number of amides is 1. The molecule has 0 aromatic heterocycles. The molecule has 0 radical (unpaired) electrons. The summed E-state index contributed by atoms with van der Waals surface area (Å²) >= 11 is 0. The average Bonchev–Trinajstić information content (AvgIpc) is 2.54. The molecule has 7 nitrogen and oxygen atoms in total. The first-order valence-electron chi connectivity index (χ1n) is 9.32. The third-order valence-electron chi connectivity index (χ3n) is 4.05. The Morgan fingerprint density at radius 1 is 1.27 bits per heavy atom. The Morgan fingerprint density at radius 2 is 1.88 bits per heavy atom. The van der Waals surface area contributed by atoms with Crippen LogP contribution in [0.3, 0.4) is 0 Å². The van der Waals surface area contributed by atoms with Crippen molar-refractivity contribution in [2.45, 2.75) is 90.8 Å². The largest absolute Gasteiger partial charge is 0.463 e. The third-order valence-corrected chi connectivity index (χ3v) is 4.05. The van der Waals surface area contributed by atoms with Gasteiger partial charge >= 0.3 is 12.1 Å². The molecule has 1 aliphatic carbocycles. The second-order valence-electron chi connectivity index (χ2n) is 7.40. The molecule has 0 unspecified atom stereocenters. The van der Waals surface area contributed by atoms with Crippen LogP contribution in [-0.4, -0.2) is 53.7 Å². The van der Waals surface area contributed by atoms with Gasteiger partial charge in [0.25, 0.3) is 0 Å². The van der Waals surface area contributed by atoms with Gasteiger partial charge in [0.05, 0.1) is 18.8 Å². The number of carbonyl (C=O) groups excluding carboxylic acids is 2. The summed E-state index contributed by atoms with van der Waals surface area (Å²) in [5, 5.41) is 13.3. The summed E-state index contributed by atoms with van der Waals surface area (Å²) in [6, 6.07) is -0.700. The highest BCUT2D eigenvalue weighted by molar-refractivity contribution is 5.89. The van der Waals surface area contributed by atoms with Gasteiger partial charge in [-0.25, -0.2) is 9.59 Å². The zero-order valence-electron chi connectivity index (χ0n) is 16.7. The van der Waals surface area contributed by atoms with Crippen molar-refractivity contribution < 1.29 is 28.9 Å². The number of aliphatic hydroxyl groups excluding tert-OH is 1. The first-order chi connectivity index (χ1) is 12.1. The summed E-state index contributed by atoms with van der Waals surface area (Å²) in [5.74, 6) is -0.464. The lowest BCUT2D eigenvalue weighted by Gasteiger charge is -2.35. The normalized spacial score (nSPS) is 23.4. The van der Waals surface area contributed by atoms with Gasteiger partial charge in [-0.1, -0.05) is 13.8 Å². The van der Waals surface area contributed by atoms with Gasteiger partial charge in [0.15, 0.2) is 0 Å². The summed E-state index contributed by atoms with van der Waals surface area (Å²) in [6.45, 7) is 11.2. The van der Waals surface area contributed by atoms with Gasteiger partial charge in [-0.2, -0.15) is 0 Å². The van der Waals surface area contributed by atoms with E-state index in [9.17, 15) is 14.7 Å². The molecule has 0 aliphatic heterocycles. The van der Waals surface area contributed by atoms with E-state index < -0.39 is 35.9 Å². The molecular formula is C19H33NO6. The van der Waals surface area contributed by atoms with Crippen LogP contribution < -0.4 is 5.32 Å². The van der Waals surface area contributed by atoms with Crippen LogP contribution in [0.4, 0.5) is 4.79 Å². The van der Waals surface area contributed by atoms with Gasteiger partial charge in [-0.15, -0.1) is 0 Å². The van der Waals surface area contributed by atoms with Crippen LogP contribution in [0.15, 0.2) is 11.6 Å². The Kier molecular flexibility index (Phi) is 8.56. The minimum atomic E-state index is -0.985. The molecule has 0 aromatic rings. The SMILES string of the molecule is CCOC(=O)C1=C[C@H](OC(CC)CC)[C@H](O)[C@H](NC(=O)OC(C)(C)C)C1. The van der Waals surface area contributed by atoms with Crippen molar-refractivity contribution in [3.8, 4) is 0 Å². The van der Waals surface area contributed by atoms with E-state index in [1.54, 1.807) is 33.8 Å². The van der Waals surface area contributed by atoms with Crippen molar-refractivity contribution in [1.82, 2.24) is 5.32 Å². The standard InChI is InChI=1S/C19H33NO6/c1-7-13(8-2)25-15-11-12(17(22)24-9-3)10-14(16(15)21)20-18(23)26-19(4,5)6/h11,13-16,21H,7-10H2,1-6H3,(H,20,23)/t14-,15+,16-/m1/s1. The smallest absolute Gasteiger partial charge is 0.407 e. The third kappa shape index (κ3) is 6.96. The molecule has 7 heteroatoms. The molecule has 0 spiro atoms. The van der Waals surface area contributed by atoms with Crippen LogP contribution in [0.25, 0.3) is 0 Å². The predicted molar refractivity (Wildman–Crippen MR) is 97.7 cm³/mol. The zero-order valence-corrected chi connectivity index (χ0v) is 16.7. The highest BCUT2D eigenvalue weighted by atomic mass is 16.6. The van der Waals surface area contributed by atoms with E-state index in [1.165, 1.54) is 0 Å². The van der Waals surface area contributed by atoms with Crippen LogP contribution in [0, 0.1) is 0 Å². The van der Waals surface area contributed by atoms with Crippen LogP contribution in [0.5, 0.6) is 0 Å². The molecule has 150 valence electrons. The molecule has 0 fully saturated rings. The quantitative estimate of drug-likeness (QED) is 0.668. The fraction of sp³-hybridized carbons (Fsp3) is 0.789. The molecule has 0 saturated carbocycles. The average molecular weight is 371 g/mol. The van der Waals surface area contributed by atoms with E-state index in [1.807, 2.05) is 13.8 Å². The van der Waals surface area contributed by atoms with Crippen LogP contribution in [-0.2, 0) is 19.0 Å². The Morgan fingerprint density at radius 3 is 2.38 bits per heavy atom. The lowest BCUT2D eigenvalue weighted by molar-refractivity contribution is -0.139. The van der Waals surface area contributed by atoms with E-state index in [0.29, 0.717) is 5.57 Å². The van der Waals surface area contributed by atoms with E-state index in [-0.39, 0.29) is 19.1 Å². The second kappa shape index (κ2) is 9.92. The summed E-state index contributed by atoms with van der Waals surface area (Å²) in [4.78, 5) is 24.3. The molecule has 1 amide bonds. The van der Waals surface area contributed by atoms with Crippen LogP contribution in [0.1, 0.15) is 60.8 Å². The van der Waals surface area contributed by atoms with Crippen molar-refractivity contribution in [2.24, 2.45) is 0 Å². The summed E-state index contributed by atoms with van der Waals surface area (Å²) in [5.41, 5.74) is -0.274. The number of aliphatic hydroxyl groups is 1. The van der Waals surface area contributed by atoms with Crippen LogP contribution in [0.2, 0.25) is 0 Å².